The summed E-state index contributed by atoms with van der Waals surface area (Å²) in [5, 5.41) is 6.89. The second-order valence-electron chi connectivity index (χ2n) is 5.53. The van der Waals surface area contributed by atoms with Gasteiger partial charge in [-0.15, -0.1) is 0 Å². The smallest absolute Gasteiger partial charge is 0.259 e. The average molecular weight is 305 g/mol. The highest BCUT2D eigenvalue weighted by molar-refractivity contribution is 6.04. The van der Waals surface area contributed by atoms with Gasteiger partial charge in [-0.1, -0.05) is 19.3 Å². The Morgan fingerprint density at radius 1 is 1.18 bits per heavy atom. The van der Waals surface area contributed by atoms with Crippen LogP contribution in [0.4, 0.5) is 14.6 Å². The van der Waals surface area contributed by atoms with Crippen molar-refractivity contribution in [3.63, 3.8) is 0 Å². The van der Waals surface area contributed by atoms with Crippen LogP contribution in [0.5, 0.6) is 0 Å². The maximum absolute atomic E-state index is 13.7. The first-order valence-electron chi connectivity index (χ1n) is 7.45. The third kappa shape index (κ3) is 3.00. The van der Waals surface area contributed by atoms with E-state index in [0.717, 1.165) is 43.9 Å². The van der Waals surface area contributed by atoms with Crippen molar-refractivity contribution in [2.24, 2.45) is 0 Å². The fourth-order valence-electron chi connectivity index (χ4n) is 2.89. The first-order chi connectivity index (χ1) is 10.6. The number of nitrogens with zero attached hydrogens (tertiary/aromatic N) is 2. The van der Waals surface area contributed by atoms with Crippen LogP contribution in [-0.2, 0) is 0 Å². The van der Waals surface area contributed by atoms with Crippen LogP contribution >= 0.6 is 0 Å². The number of hydrogen-bond donors (Lipinski definition) is 1. The van der Waals surface area contributed by atoms with Gasteiger partial charge in [-0.2, -0.15) is 5.10 Å². The molecule has 6 heteroatoms. The summed E-state index contributed by atoms with van der Waals surface area (Å²) in [5.74, 6) is -1.55. The topological polar surface area (TPSA) is 46.9 Å². The van der Waals surface area contributed by atoms with Crippen molar-refractivity contribution in [1.29, 1.82) is 0 Å². The molecule has 116 valence electrons. The molecular weight excluding hydrogens is 288 g/mol. The normalized spacial score (nSPS) is 15.7. The third-order valence-electron chi connectivity index (χ3n) is 4.01. The van der Waals surface area contributed by atoms with Crippen LogP contribution in [0.3, 0.4) is 0 Å². The number of hydrogen-bond acceptors (Lipinski definition) is 2. The SMILES string of the molecule is O=C(Nc1ccnn1C1CCCCC1)c1cc(F)ccc1F. The van der Waals surface area contributed by atoms with Gasteiger partial charge in [-0.05, 0) is 31.0 Å². The Morgan fingerprint density at radius 2 is 1.95 bits per heavy atom. The molecule has 4 nitrogen and oxygen atoms in total. The highest BCUT2D eigenvalue weighted by Crippen LogP contribution is 2.30. The molecule has 22 heavy (non-hydrogen) atoms. The van der Waals surface area contributed by atoms with Gasteiger partial charge in [0, 0.05) is 6.07 Å². The third-order valence-corrected chi connectivity index (χ3v) is 4.01. The summed E-state index contributed by atoms with van der Waals surface area (Å²) in [6.07, 6.45) is 7.12. The van der Waals surface area contributed by atoms with Crippen molar-refractivity contribution in [3.8, 4) is 0 Å². The number of amides is 1. The predicted molar refractivity (Wildman–Crippen MR) is 78.7 cm³/mol. The summed E-state index contributed by atoms with van der Waals surface area (Å²) in [4.78, 5) is 12.2. The second-order valence-corrected chi connectivity index (χ2v) is 5.53. The van der Waals surface area contributed by atoms with Gasteiger partial charge in [0.1, 0.15) is 17.5 Å². The van der Waals surface area contributed by atoms with Gasteiger partial charge < -0.3 is 5.32 Å². The first kappa shape index (κ1) is 14.7. The number of carbonyl (C=O) groups excluding carboxylic acids is 1. The van der Waals surface area contributed by atoms with Crippen LogP contribution < -0.4 is 5.32 Å². The quantitative estimate of drug-likeness (QED) is 0.934. The summed E-state index contributed by atoms with van der Waals surface area (Å²) < 4.78 is 28.6. The van der Waals surface area contributed by atoms with E-state index in [-0.39, 0.29) is 11.6 Å². The number of carbonyl (C=O) groups is 1. The molecule has 1 aliphatic rings. The van der Waals surface area contributed by atoms with Gasteiger partial charge in [0.2, 0.25) is 0 Å². The lowest BCUT2D eigenvalue weighted by Crippen LogP contribution is -2.21. The van der Waals surface area contributed by atoms with Gasteiger partial charge >= 0.3 is 0 Å². The Bertz CT molecular complexity index is 678. The van der Waals surface area contributed by atoms with Crippen LogP contribution in [0.15, 0.2) is 30.5 Å². The molecule has 1 fully saturated rings. The van der Waals surface area contributed by atoms with Crippen molar-refractivity contribution in [3.05, 3.63) is 47.7 Å². The monoisotopic (exact) mass is 305 g/mol. The summed E-state index contributed by atoms with van der Waals surface area (Å²) >= 11 is 0. The second kappa shape index (κ2) is 6.25. The van der Waals surface area contributed by atoms with E-state index in [9.17, 15) is 13.6 Å². The molecule has 3 rings (SSSR count). The van der Waals surface area contributed by atoms with Gasteiger partial charge in [0.15, 0.2) is 0 Å². The molecule has 0 unspecified atom stereocenters. The molecule has 1 heterocycles. The molecule has 1 N–H and O–H groups in total. The summed E-state index contributed by atoms with van der Waals surface area (Å²) in [7, 11) is 0. The fourth-order valence-corrected chi connectivity index (χ4v) is 2.89. The van der Waals surface area contributed by atoms with Crippen molar-refractivity contribution in [2.45, 2.75) is 38.1 Å². The highest BCUT2D eigenvalue weighted by Gasteiger charge is 2.20. The van der Waals surface area contributed by atoms with E-state index < -0.39 is 17.5 Å². The highest BCUT2D eigenvalue weighted by atomic mass is 19.1. The van der Waals surface area contributed by atoms with Gasteiger partial charge in [0.25, 0.3) is 5.91 Å². The lowest BCUT2D eigenvalue weighted by Gasteiger charge is -2.23. The van der Waals surface area contributed by atoms with Crippen molar-refractivity contribution < 1.29 is 13.6 Å². The standard InChI is InChI=1S/C16H17F2N3O/c17-11-6-7-14(18)13(10-11)16(22)20-15-8-9-19-21(15)12-4-2-1-3-5-12/h6-10,12H,1-5H2,(H,20,22). The van der Waals surface area contributed by atoms with E-state index in [1.54, 1.807) is 16.9 Å². The minimum Gasteiger partial charge on any atom is -0.307 e. The first-order valence-corrected chi connectivity index (χ1v) is 7.45. The molecule has 1 saturated carbocycles. The number of aromatic nitrogens is 2. The van der Waals surface area contributed by atoms with E-state index in [1.165, 1.54) is 6.42 Å². The molecular formula is C16H17F2N3O. The van der Waals surface area contributed by atoms with Crippen LogP contribution in [0.1, 0.15) is 48.5 Å². The van der Waals surface area contributed by atoms with Crippen molar-refractivity contribution >= 4 is 11.7 Å². The maximum Gasteiger partial charge on any atom is 0.259 e. The molecule has 1 aliphatic carbocycles. The molecule has 2 aromatic rings. The Morgan fingerprint density at radius 3 is 2.73 bits per heavy atom. The lowest BCUT2D eigenvalue weighted by atomic mass is 9.96. The minimum atomic E-state index is -0.748. The van der Waals surface area contributed by atoms with Gasteiger partial charge in [-0.25, -0.2) is 13.5 Å². The number of nitrogens with one attached hydrogen (secondary N) is 1. The fraction of sp³-hybridized carbons (Fsp3) is 0.375. The number of benzene rings is 1. The Kier molecular flexibility index (Phi) is 4.18. The molecule has 0 atom stereocenters. The van der Waals surface area contributed by atoms with Gasteiger partial charge in [0.05, 0.1) is 17.8 Å². The zero-order valence-corrected chi connectivity index (χ0v) is 12.1. The van der Waals surface area contributed by atoms with E-state index in [4.69, 9.17) is 0 Å². The molecule has 0 saturated heterocycles. The van der Waals surface area contributed by atoms with Gasteiger partial charge in [-0.3, -0.25) is 4.79 Å². The molecule has 0 spiro atoms. The molecule has 1 aromatic carbocycles. The minimum absolute atomic E-state index is 0.247. The molecule has 0 bridgehead atoms. The maximum atomic E-state index is 13.7. The van der Waals surface area contributed by atoms with E-state index >= 15 is 0 Å². The van der Waals surface area contributed by atoms with E-state index in [2.05, 4.69) is 10.4 Å². The zero-order valence-electron chi connectivity index (χ0n) is 12.1. The van der Waals surface area contributed by atoms with E-state index in [0.29, 0.717) is 5.82 Å². The number of anilines is 1. The summed E-state index contributed by atoms with van der Waals surface area (Å²) in [5.41, 5.74) is -0.309. The zero-order chi connectivity index (χ0) is 15.5. The average Bonchev–Trinajstić information content (AvgIpc) is 2.98. The number of rotatable bonds is 3. The van der Waals surface area contributed by atoms with Crippen LogP contribution in [-0.4, -0.2) is 15.7 Å². The van der Waals surface area contributed by atoms with Crippen LogP contribution in [0.25, 0.3) is 0 Å². The van der Waals surface area contributed by atoms with Crippen LogP contribution in [0, 0.1) is 11.6 Å². The molecule has 0 aliphatic heterocycles. The Labute approximate surface area is 127 Å². The van der Waals surface area contributed by atoms with E-state index in [1.807, 2.05) is 0 Å². The van der Waals surface area contributed by atoms with Crippen molar-refractivity contribution in [2.75, 3.05) is 5.32 Å². The summed E-state index contributed by atoms with van der Waals surface area (Å²) in [6.45, 7) is 0. The molecule has 0 radical (unpaired) electrons. The summed E-state index contributed by atoms with van der Waals surface area (Å²) in [6, 6.07) is 4.74. The molecule has 1 aromatic heterocycles. The predicted octanol–water partition coefficient (Wildman–Crippen LogP) is 3.92. The molecule has 1 amide bonds. The largest absolute Gasteiger partial charge is 0.307 e. The van der Waals surface area contributed by atoms with Crippen molar-refractivity contribution in [1.82, 2.24) is 9.78 Å². The number of halogens is 2. The Balaban J connectivity index is 1.80. The Hall–Kier alpha value is -2.24. The lowest BCUT2D eigenvalue weighted by molar-refractivity contribution is 0.102. The van der Waals surface area contributed by atoms with Crippen LogP contribution in [0.2, 0.25) is 0 Å².